The Kier molecular flexibility index (Phi) is 3.41. The smallest absolute Gasteiger partial charge is 0.312 e. The van der Waals surface area contributed by atoms with Gasteiger partial charge in [0.15, 0.2) is 0 Å². The van der Waals surface area contributed by atoms with Gasteiger partial charge < -0.3 is 14.3 Å². The van der Waals surface area contributed by atoms with Crippen LogP contribution in [0.1, 0.15) is 64.0 Å². The molecule has 1 fully saturated rings. The van der Waals surface area contributed by atoms with Gasteiger partial charge in [-0.3, -0.25) is 4.79 Å². The number of carbonyl (C=O) groups is 1. The number of aryl methyl sites for hydroxylation is 1. The Morgan fingerprint density at radius 3 is 3.00 bits per heavy atom. The quantitative estimate of drug-likeness (QED) is 0.577. The van der Waals surface area contributed by atoms with Gasteiger partial charge in [0.1, 0.15) is 6.04 Å². The van der Waals surface area contributed by atoms with Crippen LogP contribution in [0.4, 0.5) is 0 Å². The van der Waals surface area contributed by atoms with Crippen LogP contribution in [-0.2, 0) is 6.42 Å². The summed E-state index contributed by atoms with van der Waals surface area (Å²) in [6.07, 6.45) is 6.74. The molecule has 5 heterocycles. The van der Waals surface area contributed by atoms with Crippen LogP contribution in [0.15, 0.2) is 35.1 Å². The van der Waals surface area contributed by atoms with E-state index in [4.69, 9.17) is 9.52 Å². The lowest BCUT2D eigenvalue weighted by atomic mass is 9.99. The van der Waals surface area contributed by atoms with Crippen molar-refractivity contribution < 1.29 is 9.21 Å². The molecule has 4 aromatic rings. The van der Waals surface area contributed by atoms with Crippen molar-refractivity contribution in [3.63, 3.8) is 0 Å². The van der Waals surface area contributed by atoms with Gasteiger partial charge in [-0.15, -0.1) is 10.2 Å². The van der Waals surface area contributed by atoms with E-state index >= 15 is 0 Å². The van der Waals surface area contributed by atoms with Crippen LogP contribution in [0.5, 0.6) is 0 Å². The Bertz CT molecular complexity index is 1230. The number of nitrogens with zero attached hydrogens (tertiary/aromatic N) is 6. The third-order valence-corrected chi connectivity index (χ3v) is 5.75. The second-order valence-corrected chi connectivity index (χ2v) is 7.68. The molecule has 4 aromatic heterocycles. The van der Waals surface area contributed by atoms with Crippen LogP contribution >= 0.6 is 0 Å². The molecule has 0 saturated heterocycles. The summed E-state index contributed by atoms with van der Waals surface area (Å²) in [5.74, 6) is 0.663. The maximum atomic E-state index is 13.2. The predicted octanol–water partition coefficient (Wildman–Crippen LogP) is 2.41. The number of nitrogens with one attached hydrogen (secondary N) is 1. The fourth-order valence-electron chi connectivity index (χ4n) is 4.23. The van der Waals surface area contributed by atoms with Gasteiger partial charge >= 0.3 is 11.8 Å². The van der Waals surface area contributed by atoms with Crippen molar-refractivity contribution in [1.29, 1.82) is 0 Å². The SMILES string of the molecule is Cc1nnc(C(=O)N2CCc3[nH]cnc3[C@H]2c2cc3c(C4CC4)cccn3n2)o1. The summed E-state index contributed by atoms with van der Waals surface area (Å²) >= 11 is 0. The molecule has 9 heteroatoms. The zero-order valence-electron chi connectivity index (χ0n) is 15.9. The highest BCUT2D eigenvalue weighted by Crippen LogP contribution is 2.43. The number of rotatable bonds is 3. The largest absolute Gasteiger partial charge is 0.417 e. The summed E-state index contributed by atoms with van der Waals surface area (Å²) < 4.78 is 7.31. The molecular formula is C20H19N7O2. The van der Waals surface area contributed by atoms with E-state index in [2.05, 4.69) is 32.3 Å². The van der Waals surface area contributed by atoms with Gasteiger partial charge in [0.2, 0.25) is 5.89 Å². The standard InChI is InChI=1S/C20H19N7O2/c1-11-23-24-19(29-11)20(28)26-8-6-14-17(22-10-21-14)18(26)15-9-16-13(12-4-5-12)3-2-7-27(16)25-15/h2-3,7,9-10,12,18H,4-6,8H2,1H3,(H,21,22)/t18-/m1/s1. The van der Waals surface area contributed by atoms with E-state index in [-0.39, 0.29) is 11.8 Å². The van der Waals surface area contributed by atoms with Crippen molar-refractivity contribution >= 4 is 11.4 Å². The minimum Gasteiger partial charge on any atom is -0.417 e. The molecule has 0 unspecified atom stereocenters. The fraction of sp³-hybridized carbons (Fsp3) is 0.350. The van der Waals surface area contributed by atoms with Crippen LogP contribution < -0.4 is 0 Å². The van der Waals surface area contributed by atoms with Crippen LogP contribution in [0.25, 0.3) is 5.52 Å². The Hall–Kier alpha value is -3.49. The molecule has 146 valence electrons. The van der Waals surface area contributed by atoms with Gasteiger partial charge in [-0.25, -0.2) is 9.50 Å². The summed E-state index contributed by atoms with van der Waals surface area (Å²) in [6, 6.07) is 5.88. The number of imidazole rings is 1. The second kappa shape index (κ2) is 6.00. The van der Waals surface area contributed by atoms with Gasteiger partial charge in [0, 0.05) is 31.8 Å². The number of amides is 1. The number of aromatic amines is 1. The maximum absolute atomic E-state index is 13.2. The van der Waals surface area contributed by atoms with Crippen molar-refractivity contribution in [3.05, 3.63) is 65.1 Å². The predicted molar refractivity (Wildman–Crippen MR) is 101 cm³/mol. The van der Waals surface area contributed by atoms with Gasteiger partial charge in [-0.2, -0.15) is 5.10 Å². The first-order valence-electron chi connectivity index (χ1n) is 9.80. The van der Waals surface area contributed by atoms with Crippen molar-refractivity contribution in [3.8, 4) is 0 Å². The van der Waals surface area contributed by atoms with Gasteiger partial charge in [0.05, 0.1) is 23.2 Å². The minimum atomic E-state index is -0.406. The first-order valence-corrected chi connectivity index (χ1v) is 9.80. The highest BCUT2D eigenvalue weighted by atomic mass is 16.4. The van der Waals surface area contributed by atoms with Crippen LogP contribution in [0, 0.1) is 6.92 Å². The summed E-state index contributed by atoms with van der Waals surface area (Å²) in [5.41, 5.74) is 5.04. The van der Waals surface area contributed by atoms with E-state index in [0.29, 0.717) is 24.8 Å². The number of pyridine rings is 1. The lowest BCUT2D eigenvalue weighted by molar-refractivity contribution is 0.0644. The molecule has 1 atom stereocenters. The fourth-order valence-corrected chi connectivity index (χ4v) is 4.23. The average molecular weight is 389 g/mol. The average Bonchev–Trinajstić information content (AvgIpc) is 3.12. The van der Waals surface area contributed by atoms with Crippen molar-refractivity contribution in [2.24, 2.45) is 0 Å². The Labute approximate surface area is 165 Å². The molecule has 1 N–H and O–H groups in total. The molecule has 1 aliphatic heterocycles. The van der Waals surface area contributed by atoms with E-state index in [1.165, 1.54) is 18.4 Å². The molecule has 9 nitrogen and oxygen atoms in total. The van der Waals surface area contributed by atoms with Crippen molar-refractivity contribution in [2.75, 3.05) is 6.54 Å². The number of aromatic nitrogens is 6. The lowest BCUT2D eigenvalue weighted by Gasteiger charge is -2.32. The topological polar surface area (TPSA) is 105 Å². The zero-order chi connectivity index (χ0) is 19.5. The number of fused-ring (bicyclic) bond motifs is 2. The van der Waals surface area contributed by atoms with Gasteiger partial charge in [0.25, 0.3) is 0 Å². The highest BCUT2D eigenvalue weighted by molar-refractivity contribution is 5.90. The van der Waals surface area contributed by atoms with Crippen LogP contribution in [0.3, 0.4) is 0 Å². The maximum Gasteiger partial charge on any atom is 0.312 e. The molecule has 2 aliphatic rings. The summed E-state index contributed by atoms with van der Waals surface area (Å²) in [5, 5.41) is 12.5. The Balaban J connectivity index is 1.48. The molecule has 6 rings (SSSR count). The van der Waals surface area contributed by atoms with Crippen LogP contribution in [0.2, 0.25) is 0 Å². The third-order valence-electron chi connectivity index (χ3n) is 5.75. The first kappa shape index (κ1) is 16.5. The van der Waals surface area contributed by atoms with Gasteiger partial charge in [-0.1, -0.05) is 6.07 Å². The van der Waals surface area contributed by atoms with E-state index in [0.717, 1.165) is 22.6 Å². The molecule has 0 bridgehead atoms. The third kappa shape index (κ3) is 2.57. The zero-order valence-corrected chi connectivity index (χ0v) is 15.9. The normalized spacial score (nSPS) is 18.9. The Morgan fingerprint density at radius 1 is 1.31 bits per heavy atom. The Morgan fingerprint density at radius 2 is 2.21 bits per heavy atom. The number of hydrogen-bond acceptors (Lipinski definition) is 6. The molecule has 0 radical (unpaired) electrons. The van der Waals surface area contributed by atoms with Crippen LogP contribution in [-0.4, -0.2) is 47.1 Å². The molecule has 1 saturated carbocycles. The van der Waals surface area contributed by atoms with Gasteiger partial charge in [-0.05, 0) is 36.5 Å². The monoisotopic (exact) mass is 389 g/mol. The molecular weight excluding hydrogens is 370 g/mol. The number of carbonyl (C=O) groups excluding carboxylic acids is 1. The molecule has 1 amide bonds. The summed E-state index contributed by atoms with van der Waals surface area (Å²) in [4.78, 5) is 22.6. The van der Waals surface area contributed by atoms with E-state index in [1.807, 2.05) is 16.8 Å². The molecule has 0 spiro atoms. The molecule has 29 heavy (non-hydrogen) atoms. The van der Waals surface area contributed by atoms with E-state index in [1.54, 1.807) is 18.2 Å². The second-order valence-electron chi connectivity index (χ2n) is 7.68. The van der Waals surface area contributed by atoms with E-state index < -0.39 is 6.04 Å². The highest BCUT2D eigenvalue weighted by Gasteiger charge is 2.38. The summed E-state index contributed by atoms with van der Waals surface area (Å²) in [6.45, 7) is 2.19. The van der Waals surface area contributed by atoms with Crippen molar-refractivity contribution in [2.45, 2.75) is 38.1 Å². The number of hydrogen-bond donors (Lipinski definition) is 1. The molecule has 1 aliphatic carbocycles. The minimum absolute atomic E-state index is 0.00563. The van der Waals surface area contributed by atoms with Crippen molar-refractivity contribution in [1.82, 2.24) is 34.7 Å². The molecule has 0 aromatic carbocycles. The number of H-pyrrole nitrogens is 1. The lowest BCUT2D eigenvalue weighted by Crippen LogP contribution is -2.41. The summed E-state index contributed by atoms with van der Waals surface area (Å²) in [7, 11) is 0. The first-order chi connectivity index (χ1) is 14.2. The van der Waals surface area contributed by atoms with E-state index in [9.17, 15) is 4.79 Å².